The van der Waals surface area contributed by atoms with Gasteiger partial charge in [0.2, 0.25) is 0 Å². The summed E-state index contributed by atoms with van der Waals surface area (Å²) < 4.78 is 10.7. The van der Waals surface area contributed by atoms with Gasteiger partial charge in [0.15, 0.2) is 5.76 Å². The molecule has 0 saturated carbocycles. The van der Waals surface area contributed by atoms with Crippen molar-refractivity contribution in [2.45, 2.75) is 0 Å². The van der Waals surface area contributed by atoms with E-state index in [4.69, 9.17) is 26.5 Å². The number of furan rings is 1. The molecule has 0 bridgehead atoms. The summed E-state index contributed by atoms with van der Waals surface area (Å²) in [7, 11) is 1.55. The molecule has 0 unspecified atom stereocenters. The van der Waals surface area contributed by atoms with Crippen LogP contribution in [0.25, 0.3) is 11.3 Å². The van der Waals surface area contributed by atoms with Crippen molar-refractivity contribution < 1.29 is 13.9 Å². The summed E-state index contributed by atoms with van der Waals surface area (Å²) in [6.07, 6.45) is 0. The second kappa shape index (κ2) is 6.68. The molecule has 24 heavy (non-hydrogen) atoms. The normalized spacial score (nSPS) is 10.4. The van der Waals surface area contributed by atoms with Crippen LogP contribution in [0.4, 0.5) is 11.4 Å². The van der Waals surface area contributed by atoms with Gasteiger partial charge in [-0.2, -0.15) is 0 Å². The van der Waals surface area contributed by atoms with Crippen molar-refractivity contribution in [3.63, 3.8) is 0 Å². The minimum Gasteiger partial charge on any atom is -0.495 e. The van der Waals surface area contributed by atoms with E-state index in [0.717, 1.165) is 5.56 Å². The molecule has 0 aliphatic rings. The predicted molar refractivity (Wildman–Crippen MR) is 94.5 cm³/mol. The number of nitrogens with two attached hydrogens (primary N) is 1. The van der Waals surface area contributed by atoms with Gasteiger partial charge in [-0.25, -0.2) is 0 Å². The van der Waals surface area contributed by atoms with Gasteiger partial charge in [0.1, 0.15) is 11.5 Å². The molecule has 1 aromatic heterocycles. The monoisotopic (exact) mass is 342 g/mol. The van der Waals surface area contributed by atoms with Crippen LogP contribution in [-0.2, 0) is 0 Å². The number of anilines is 2. The number of hydrogen-bond donors (Lipinski definition) is 2. The molecular formula is C18H15ClN2O3. The van der Waals surface area contributed by atoms with Crippen molar-refractivity contribution in [2.75, 3.05) is 18.2 Å². The van der Waals surface area contributed by atoms with E-state index >= 15 is 0 Å². The molecule has 1 heterocycles. The topological polar surface area (TPSA) is 77.5 Å². The molecule has 3 aromatic rings. The van der Waals surface area contributed by atoms with Gasteiger partial charge in [0, 0.05) is 16.9 Å². The molecule has 3 rings (SSSR count). The Labute approximate surface area is 144 Å². The number of halogens is 1. The smallest absolute Gasteiger partial charge is 0.291 e. The number of ether oxygens (including phenoxy) is 1. The van der Waals surface area contributed by atoms with Gasteiger partial charge in [-0.1, -0.05) is 11.6 Å². The molecule has 122 valence electrons. The number of benzene rings is 2. The third-order valence-electron chi connectivity index (χ3n) is 3.43. The average Bonchev–Trinajstić information content (AvgIpc) is 3.07. The highest BCUT2D eigenvalue weighted by molar-refractivity contribution is 6.32. The number of nitrogen functional groups attached to an aromatic ring is 1. The van der Waals surface area contributed by atoms with Crippen LogP contribution in [0.3, 0.4) is 0 Å². The Morgan fingerprint density at radius 2 is 1.88 bits per heavy atom. The standard InChI is InChI=1S/C18H15ClN2O3/c1-23-16-7-2-11(10-14(16)19)15-8-9-17(24-15)18(22)21-13-5-3-12(20)4-6-13/h2-10H,20H2,1H3,(H,21,22). The van der Waals surface area contributed by atoms with E-state index in [1.165, 1.54) is 0 Å². The average molecular weight is 343 g/mol. The molecule has 0 aliphatic heterocycles. The third-order valence-corrected chi connectivity index (χ3v) is 3.73. The predicted octanol–water partition coefficient (Wildman–Crippen LogP) is 4.44. The first-order valence-corrected chi connectivity index (χ1v) is 7.55. The Morgan fingerprint density at radius 3 is 2.54 bits per heavy atom. The van der Waals surface area contributed by atoms with E-state index in [2.05, 4.69) is 5.32 Å². The van der Waals surface area contributed by atoms with Gasteiger partial charge in [-0.05, 0) is 54.6 Å². The molecule has 0 fully saturated rings. The highest BCUT2D eigenvalue weighted by Crippen LogP contribution is 2.31. The highest BCUT2D eigenvalue weighted by atomic mass is 35.5. The molecule has 0 spiro atoms. The van der Waals surface area contributed by atoms with Crippen molar-refractivity contribution in [3.8, 4) is 17.1 Å². The minimum absolute atomic E-state index is 0.203. The van der Waals surface area contributed by atoms with Crippen molar-refractivity contribution in [1.29, 1.82) is 0 Å². The fraction of sp³-hybridized carbons (Fsp3) is 0.0556. The highest BCUT2D eigenvalue weighted by Gasteiger charge is 2.13. The van der Waals surface area contributed by atoms with Gasteiger partial charge < -0.3 is 20.2 Å². The van der Waals surface area contributed by atoms with Crippen molar-refractivity contribution in [2.24, 2.45) is 0 Å². The molecule has 5 nitrogen and oxygen atoms in total. The molecule has 2 aromatic carbocycles. The van der Waals surface area contributed by atoms with Crippen LogP contribution in [0.5, 0.6) is 5.75 Å². The number of hydrogen-bond acceptors (Lipinski definition) is 4. The SMILES string of the molecule is COc1ccc(-c2ccc(C(=O)Nc3ccc(N)cc3)o2)cc1Cl. The first-order valence-electron chi connectivity index (χ1n) is 7.17. The van der Waals surface area contributed by atoms with Crippen molar-refractivity contribution in [1.82, 2.24) is 0 Å². The lowest BCUT2D eigenvalue weighted by Gasteiger charge is -2.05. The largest absolute Gasteiger partial charge is 0.495 e. The summed E-state index contributed by atoms with van der Waals surface area (Å²) in [6, 6.07) is 15.5. The number of methoxy groups -OCH3 is 1. The fourth-order valence-electron chi connectivity index (χ4n) is 2.19. The van der Waals surface area contributed by atoms with Crippen molar-refractivity contribution >= 4 is 28.9 Å². The lowest BCUT2D eigenvalue weighted by molar-refractivity contribution is 0.0997. The fourth-order valence-corrected chi connectivity index (χ4v) is 2.45. The van der Waals surface area contributed by atoms with Crippen LogP contribution in [-0.4, -0.2) is 13.0 Å². The number of amides is 1. The minimum atomic E-state index is -0.342. The van der Waals surface area contributed by atoms with Crippen LogP contribution in [0, 0.1) is 0 Å². The second-order valence-electron chi connectivity index (χ2n) is 5.09. The zero-order valence-electron chi connectivity index (χ0n) is 12.9. The Balaban J connectivity index is 1.78. The summed E-state index contributed by atoms with van der Waals surface area (Å²) in [4.78, 5) is 12.2. The van der Waals surface area contributed by atoms with Gasteiger partial charge in [0.25, 0.3) is 5.91 Å². The zero-order valence-corrected chi connectivity index (χ0v) is 13.6. The third kappa shape index (κ3) is 3.36. The number of carbonyl (C=O) groups excluding carboxylic acids is 1. The lowest BCUT2D eigenvalue weighted by atomic mass is 10.2. The van der Waals surface area contributed by atoms with E-state index < -0.39 is 0 Å². The van der Waals surface area contributed by atoms with Gasteiger partial charge >= 0.3 is 0 Å². The molecule has 0 atom stereocenters. The molecule has 0 aliphatic carbocycles. The second-order valence-corrected chi connectivity index (χ2v) is 5.50. The van der Waals surface area contributed by atoms with E-state index in [1.807, 2.05) is 6.07 Å². The maximum absolute atomic E-state index is 12.2. The van der Waals surface area contributed by atoms with Crippen LogP contribution < -0.4 is 15.8 Å². The maximum Gasteiger partial charge on any atom is 0.291 e. The van der Waals surface area contributed by atoms with Gasteiger partial charge in [0.05, 0.1) is 12.1 Å². The number of nitrogens with one attached hydrogen (secondary N) is 1. The summed E-state index contributed by atoms with van der Waals surface area (Å²) >= 11 is 6.11. The molecule has 0 radical (unpaired) electrons. The summed E-state index contributed by atoms with van der Waals surface area (Å²) in [5, 5.41) is 3.22. The first-order chi connectivity index (χ1) is 11.6. The summed E-state index contributed by atoms with van der Waals surface area (Å²) in [5.41, 5.74) is 7.64. The van der Waals surface area contributed by atoms with Crippen LogP contribution in [0.15, 0.2) is 59.0 Å². The Bertz CT molecular complexity index is 872. The molecule has 3 N–H and O–H groups in total. The maximum atomic E-state index is 12.2. The van der Waals surface area contributed by atoms with E-state index in [0.29, 0.717) is 27.9 Å². The van der Waals surface area contributed by atoms with E-state index in [9.17, 15) is 4.79 Å². The molecular weight excluding hydrogens is 328 g/mol. The van der Waals surface area contributed by atoms with Crippen molar-refractivity contribution in [3.05, 3.63) is 65.4 Å². The Hall–Kier alpha value is -2.92. The Morgan fingerprint density at radius 1 is 1.12 bits per heavy atom. The van der Waals surface area contributed by atoms with Crippen LogP contribution in [0.2, 0.25) is 5.02 Å². The molecule has 6 heteroatoms. The first kappa shape index (κ1) is 16.0. The number of rotatable bonds is 4. The van der Waals surface area contributed by atoms with E-state index in [1.54, 1.807) is 55.6 Å². The van der Waals surface area contributed by atoms with Gasteiger partial charge in [-0.3, -0.25) is 4.79 Å². The van der Waals surface area contributed by atoms with Crippen LogP contribution >= 0.6 is 11.6 Å². The quantitative estimate of drug-likeness (QED) is 0.687. The molecule has 1 amide bonds. The summed E-state index contributed by atoms with van der Waals surface area (Å²) in [6.45, 7) is 0. The zero-order chi connectivity index (χ0) is 17.1. The van der Waals surface area contributed by atoms with E-state index in [-0.39, 0.29) is 11.7 Å². The Kier molecular flexibility index (Phi) is 4.44. The van der Waals surface area contributed by atoms with Crippen LogP contribution in [0.1, 0.15) is 10.6 Å². The molecule has 0 saturated heterocycles. The summed E-state index contributed by atoms with van der Waals surface area (Å²) in [5.74, 6) is 0.981. The number of carbonyl (C=O) groups is 1. The lowest BCUT2D eigenvalue weighted by Crippen LogP contribution is -2.10. The van der Waals surface area contributed by atoms with Gasteiger partial charge in [-0.15, -0.1) is 0 Å².